The highest BCUT2D eigenvalue weighted by Gasteiger charge is 2.15. The molecule has 0 fully saturated rings. The van der Waals surface area contributed by atoms with Crippen LogP contribution in [0, 0.1) is 0 Å². The molecule has 0 aliphatic rings. The summed E-state index contributed by atoms with van der Waals surface area (Å²) in [5.41, 5.74) is 7.08. The second kappa shape index (κ2) is 5.98. The van der Waals surface area contributed by atoms with E-state index in [2.05, 4.69) is 0 Å². The summed E-state index contributed by atoms with van der Waals surface area (Å²) in [6.45, 7) is 1.93. The Balaban J connectivity index is 0.00000169. The number of aliphatic hydroxyl groups excluding tert-OH is 2. The molecule has 0 aliphatic heterocycles. The maximum absolute atomic E-state index is 9.60. The number of halogens is 1. The molecule has 0 saturated carbocycles. The lowest BCUT2D eigenvalue weighted by molar-refractivity contribution is 0.0300. The molecule has 0 aliphatic carbocycles. The van der Waals surface area contributed by atoms with Crippen molar-refractivity contribution < 1.29 is 10.2 Å². The van der Waals surface area contributed by atoms with E-state index in [1.165, 1.54) is 0 Å². The zero-order valence-electron chi connectivity index (χ0n) is 8.05. The number of hydrogen-bond donors (Lipinski definition) is 3. The molecule has 4 heteroatoms. The fourth-order valence-electron chi connectivity index (χ4n) is 1.27. The van der Waals surface area contributed by atoms with Gasteiger partial charge in [0, 0.05) is 6.54 Å². The van der Waals surface area contributed by atoms with Crippen LogP contribution in [0.15, 0.2) is 24.3 Å². The van der Waals surface area contributed by atoms with Crippen LogP contribution in [-0.4, -0.2) is 16.3 Å². The van der Waals surface area contributed by atoms with E-state index in [9.17, 15) is 10.2 Å². The van der Waals surface area contributed by atoms with Crippen LogP contribution in [-0.2, 0) is 6.54 Å². The van der Waals surface area contributed by atoms with E-state index < -0.39 is 12.2 Å². The minimum absolute atomic E-state index is 0. The van der Waals surface area contributed by atoms with Gasteiger partial charge in [0.1, 0.15) is 6.10 Å². The average molecular weight is 218 g/mol. The molecule has 1 rings (SSSR count). The lowest BCUT2D eigenvalue weighted by Gasteiger charge is -2.16. The van der Waals surface area contributed by atoms with E-state index in [-0.39, 0.29) is 12.4 Å². The molecule has 1 aromatic carbocycles. The third-order valence-electron chi connectivity index (χ3n) is 2.05. The van der Waals surface area contributed by atoms with Crippen LogP contribution >= 0.6 is 12.4 Å². The van der Waals surface area contributed by atoms with E-state index in [1.54, 1.807) is 13.0 Å². The molecule has 0 amide bonds. The number of rotatable bonds is 3. The predicted molar refractivity (Wildman–Crippen MR) is 58.2 cm³/mol. The van der Waals surface area contributed by atoms with Gasteiger partial charge in [-0.15, -0.1) is 12.4 Å². The van der Waals surface area contributed by atoms with Gasteiger partial charge in [0.15, 0.2) is 0 Å². The largest absolute Gasteiger partial charge is 0.390 e. The topological polar surface area (TPSA) is 66.5 Å². The highest BCUT2D eigenvalue weighted by molar-refractivity contribution is 5.85. The van der Waals surface area contributed by atoms with Gasteiger partial charge in [-0.2, -0.15) is 0 Å². The Morgan fingerprint density at radius 1 is 1.29 bits per heavy atom. The Morgan fingerprint density at radius 3 is 2.36 bits per heavy atom. The number of hydrogen-bond acceptors (Lipinski definition) is 3. The van der Waals surface area contributed by atoms with Gasteiger partial charge in [-0.1, -0.05) is 24.3 Å². The smallest absolute Gasteiger partial charge is 0.105 e. The van der Waals surface area contributed by atoms with Crippen molar-refractivity contribution in [2.75, 3.05) is 0 Å². The fraction of sp³-hybridized carbons (Fsp3) is 0.400. The summed E-state index contributed by atoms with van der Waals surface area (Å²) < 4.78 is 0. The Kier molecular flexibility index (Phi) is 5.72. The molecule has 14 heavy (non-hydrogen) atoms. The molecule has 1 aromatic rings. The van der Waals surface area contributed by atoms with Crippen LogP contribution in [0.3, 0.4) is 0 Å². The third-order valence-corrected chi connectivity index (χ3v) is 2.05. The highest BCUT2D eigenvalue weighted by Crippen LogP contribution is 2.20. The van der Waals surface area contributed by atoms with Crippen molar-refractivity contribution in [1.29, 1.82) is 0 Å². The van der Waals surface area contributed by atoms with Crippen molar-refractivity contribution >= 4 is 12.4 Å². The fourth-order valence-corrected chi connectivity index (χ4v) is 1.27. The Labute approximate surface area is 90.0 Å². The summed E-state index contributed by atoms with van der Waals surface area (Å²) in [6, 6.07) is 7.31. The first-order valence-corrected chi connectivity index (χ1v) is 4.30. The van der Waals surface area contributed by atoms with Crippen molar-refractivity contribution in [3.05, 3.63) is 35.4 Å². The Hall–Kier alpha value is -0.610. The van der Waals surface area contributed by atoms with Crippen molar-refractivity contribution in [2.45, 2.75) is 25.7 Å². The number of benzene rings is 1. The van der Waals surface area contributed by atoms with E-state index in [1.807, 2.05) is 18.2 Å². The van der Waals surface area contributed by atoms with Gasteiger partial charge < -0.3 is 15.9 Å². The third kappa shape index (κ3) is 2.96. The molecule has 2 atom stereocenters. The van der Waals surface area contributed by atoms with E-state index >= 15 is 0 Å². The van der Waals surface area contributed by atoms with Crippen LogP contribution in [0.1, 0.15) is 24.2 Å². The zero-order chi connectivity index (χ0) is 9.84. The van der Waals surface area contributed by atoms with E-state index in [0.717, 1.165) is 5.56 Å². The van der Waals surface area contributed by atoms with Crippen LogP contribution in [0.2, 0.25) is 0 Å². The minimum Gasteiger partial charge on any atom is -0.390 e. The van der Waals surface area contributed by atoms with Crippen molar-refractivity contribution in [2.24, 2.45) is 5.73 Å². The van der Waals surface area contributed by atoms with Crippen LogP contribution in [0.4, 0.5) is 0 Å². The molecule has 0 bridgehead atoms. The molecule has 0 saturated heterocycles. The first kappa shape index (κ1) is 13.4. The van der Waals surface area contributed by atoms with E-state index in [0.29, 0.717) is 12.1 Å². The van der Waals surface area contributed by atoms with Gasteiger partial charge in [0.2, 0.25) is 0 Å². The summed E-state index contributed by atoms with van der Waals surface area (Å²) in [4.78, 5) is 0. The highest BCUT2D eigenvalue weighted by atomic mass is 35.5. The van der Waals surface area contributed by atoms with Crippen molar-refractivity contribution in [3.63, 3.8) is 0 Å². The second-order valence-electron chi connectivity index (χ2n) is 3.09. The minimum atomic E-state index is -0.847. The van der Waals surface area contributed by atoms with Gasteiger partial charge in [-0.3, -0.25) is 0 Å². The molecule has 0 aromatic heterocycles. The Morgan fingerprint density at radius 2 is 1.86 bits per heavy atom. The molecule has 0 heterocycles. The van der Waals surface area contributed by atoms with Gasteiger partial charge in [-0.25, -0.2) is 0 Å². The van der Waals surface area contributed by atoms with Crippen LogP contribution in [0.25, 0.3) is 0 Å². The lowest BCUT2D eigenvalue weighted by Crippen LogP contribution is -2.16. The number of nitrogens with two attached hydrogens (primary N) is 1. The average Bonchev–Trinajstić information content (AvgIpc) is 2.16. The lowest BCUT2D eigenvalue weighted by atomic mass is 9.99. The summed E-state index contributed by atoms with van der Waals surface area (Å²) in [5, 5.41) is 18.8. The molecule has 80 valence electrons. The first-order valence-electron chi connectivity index (χ1n) is 4.30. The maximum atomic E-state index is 9.60. The van der Waals surface area contributed by atoms with E-state index in [4.69, 9.17) is 5.73 Å². The second-order valence-corrected chi connectivity index (χ2v) is 3.09. The number of aliphatic hydroxyl groups is 2. The molecule has 0 unspecified atom stereocenters. The summed E-state index contributed by atoms with van der Waals surface area (Å²) in [6.07, 6.45) is -1.62. The van der Waals surface area contributed by atoms with Crippen molar-refractivity contribution in [1.82, 2.24) is 0 Å². The Bertz CT molecular complexity index is 279. The molecule has 3 nitrogen and oxygen atoms in total. The first-order chi connectivity index (χ1) is 6.16. The predicted octanol–water partition coefficient (Wildman–Crippen LogP) is 0.981. The molecular weight excluding hydrogens is 202 g/mol. The molecule has 4 N–H and O–H groups in total. The maximum Gasteiger partial charge on any atom is 0.105 e. The molecular formula is C10H16ClNO2. The van der Waals surface area contributed by atoms with Gasteiger partial charge in [0.05, 0.1) is 6.10 Å². The van der Waals surface area contributed by atoms with Gasteiger partial charge >= 0.3 is 0 Å². The summed E-state index contributed by atoms with van der Waals surface area (Å²) >= 11 is 0. The van der Waals surface area contributed by atoms with Crippen LogP contribution in [0.5, 0.6) is 0 Å². The molecule has 0 radical (unpaired) electrons. The summed E-state index contributed by atoms with van der Waals surface area (Å²) in [7, 11) is 0. The van der Waals surface area contributed by atoms with Crippen LogP contribution < -0.4 is 5.73 Å². The normalized spacial score (nSPS) is 14.3. The standard InChI is InChI=1S/C10H15NO2.ClH/c1-7(12)10(13)9-5-3-2-4-8(9)6-11;/h2-5,7,10,12-13H,6,11H2,1H3;1H/t7-,10+;/m0./s1. The quantitative estimate of drug-likeness (QED) is 0.707. The van der Waals surface area contributed by atoms with Gasteiger partial charge in [-0.05, 0) is 18.1 Å². The zero-order valence-corrected chi connectivity index (χ0v) is 8.87. The molecule has 0 spiro atoms. The summed E-state index contributed by atoms with van der Waals surface area (Å²) in [5.74, 6) is 0. The monoisotopic (exact) mass is 217 g/mol. The SMILES string of the molecule is C[C@H](O)[C@@H](O)c1ccccc1CN.Cl. The van der Waals surface area contributed by atoms with Crippen molar-refractivity contribution in [3.8, 4) is 0 Å². The van der Waals surface area contributed by atoms with Gasteiger partial charge in [0.25, 0.3) is 0 Å².